The molecule has 1 aromatic carbocycles. The molecular formula is C31H50N6O10Sn. The summed E-state index contributed by atoms with van der Waals surface area (Å²) in [5, 5.41) is 30.6. The first kappa shape index (κ1) is 42.1. The van der Waals surface area contributed by atoms with Crippen molar-refractivity contribution in [2.45, 2.75) is 97.9 Å². The number of aliphatic carboxylic acids is 2. The van der Waals surface area contributed by atoms with Crippen LogP contribution in [0.2, 0.25) is 14.8 Å². The second-order valence-electron chi connectivity index (χ2n) is 12.5. The molecule has 9 N–H and O–H groups in total. The van der Waals surface area contributed by atoms with Crippen LogP contribution >= 0.6 is 0 Å². The molecule has 17 heteroatoms. The number of amides is 5. The number of nitrogens with one attached hydrogen (secondary N) is 5. The summed E-state index contributed by atoms with van der Waals surface area (Å²) < 4.78 is 6.80. The number of carbonyl (C=O) groups is 7. The minimum Gasteiger partial charge on any atom is -0.480 e. The van der Waals surface area contributed by atoms with Gasteiger partial charge in [0, 0.05) is 6.42 Å². The quantitative estimate of drug-likeness (QED) is 0.0564. The third-order valence-electron chi connectivity index (χ3n) is 7.22. The molecular weight excluding hydrogens is 735 g/mol. The first-order chi connectivity index (χ1) is 22.3. The van der Waals surface area contributed by atoms with Gasteiger partial charge in [-0.2, -0.15) is 0 Å². The van der Waals surface area contributed by atoms with Crippen molar-refractivity contribution in [1.29, 1.82) is 0 Å². The molecule has 5 amide bonds. The normalized spacial score (nSPS) is 14.2. The van der Waals surface area contributed by atoms with Gasteiger partial charge in [-0.25, -0.2) is 4.79 Å². The van der Waals surface area contributed by atoms with Gasteiger partial charge in [-0.05, 0) is 46.1 Å². The van der Waals surface area contributed by atoms with Gasteiger partial charge in [0.2, 0.25) is 17.7 Å². The van der Waals surface area contributed by atoms with Crippen molar-refractivity contribution in [3.8, 4) is 5.75 Å². The summed E-state index contributed by atoms with van der Waals surface area (Å²) in [5.74, 6) is -5.68. The van der Waals surface area contributed by atoms with Gasteiger partial charge < -0.3 is 31.9 Å². The van der Waals surface area contributed by atoms with E-state index in [0.717, 1.165) is 0 Å². The Hall–Kier alpha value is -3.93. The summed E-state index contributed by atoms with van der Waals surface area (Å²) >= 11 is -2.23. The minimum atomic E-state index is -2.23. The van der Waals surface area contributed by atoms with Crippen LogP contribution in [-0.4, -0.2) is 113 Å². The smallest absolute Gasteiger partial charge is 0.480 e. The summed E-state index contributed by atoms with van der Waals surface area (Å²) in [4.78, 5) is 92.6. The predicted molar refractivity (Wildman–Crippen MR) is 179 cm³/mol. The molecule has 0 aliphatic heterocycles. The molecule has 268 valence electrons. The van der Waals surface area contributed by atoms with E-state index in [0.29, 0.717) is 25.1 Å². The number of hydrogen-bond acceptors (Lipinski definition) is 9. The molecule has 0 spiro atoms. The monoisotopic (exact) mass is 786 g/mol. The van der Waals surface area contributed by atoms with Gasteiger partial charge in [0.1, 0.15) is 18.1 Å². The maximum atomic E-state index is 12.9. The average Bonchev–Trinajstić information content (AvgIpc) is 3.00. The van der Waals surface area contributed by atoms with Crippen LogP contribution in [0.15, 0.2) is 24.3 Å². The zero-order chi connectivity index (χ0) is 36.6. The second kappa shape index (κ2) is 20.4. The Balaban J connectivity index is 2.69. The Labute approximate surface area is 284 Å². The van der Waals surface area contributed by atoms with Gasteiger partial charge >= 0.3 is 141 Å². The molecule has 48 heavy (non-hydrogen) atoms. The number of ether oxygens (including phenoxy) is 1. The molecule has 5 atom stereocenters. The molecule has 1 aromatic rings. The van der Waals surface area contributed by atoms with Crippen LogP contribution in [0.5, 0.6) is 5.75 Å². The van der Waals surface area contributed by atoms with E-state index in [4.69, 9.17) is 15.6 Å². The van der Waals surface area contributed by atoms with Crippen LogP contribution < -0.4 is 40.6 Å². The average molecular weight is 785 g/mol. The number of carboxylic acids is 2. The van der Waals surface area contributed by atoms with Crippen molar-refractivity contribution in [2.24, 2.45) is 5.73 Å². The van der Waals surface area contributed by atoms with Gasteiger partial charge in [0.15, 0.2) is 0 Å². The van der Waals surface area contributed by atoms with E-state index in [9.17, 15) is 38.7 Å². The maximum absolute atomic E-state index is 12.9. The topological polar surface area (TPSA) is 255 Å². The molecule has 0 heterocycles. The molecule has 1 rings (SSSR count). The standard InChI is InChI=1S/C28H41N6O10.3CH3.Sn/c1-16(30-23(36)15-44-19-9-5-4-6-10-19)25(38)34-21(28(42)43)12-13-22(35)33-20(11-7-8-14-29)26(39)31-17(2)24(37)32-18(3)27(40)41;;;;/h5-6,9-10,16-18,20-21H,7-8,11-15,29H2,1-3H3,(H,30,36)(H,31,39)(H,32,37)(H,33,35)(H,34,38)(H,40,41)(H,42,43);3*1H3;/t16-,17+,18+,20-,21+;;;;/m0..../s1. The first-order valence-electron chi connectivity index (χ1n) is 15.7. The Kier molecular flexibility index (Phi) is 17.9. The second-order valence-corrected chi connectivity index (χ2v) is 27.0. The Morgan fingerprint density at radius 2 is 1.25 bits per heavy atom. The van der Waals surface area contributed by atoms with Crippen molar-refractivity contribution in [1.82, 2.24) is 26.6 Å². The molecule has 0 aromatic heterocycles. The molecule has 0 saturated carbocycles. The molecule has 0 bridgehead atoms. The SMILES string of the molecule is C[C@H](NC(=O)COc1cc[c]([Sn]([CH3])([CH3])[CH3])cc1)C(=O)N[C@H](CCC(=O)N[C@@H](CCCCN)C(=O)N[C@H](C)C(=O)N[C@H](C)C(=O)O)C(=O)O. The van der Waals surface area contributed by atoms with E-state index in [2.05, 4.69) is 41.4 Å². The third kappa shape index (κ3) is 15.8. The summed E-state index contributed by atoms with van der Waals surface area (Å²) in [6, 6.07) is 1.56. The van der Waals surface area contributed by atoms with E-state index >= 15 is 0 Å². The Bertz CT molecular complexity index is 1290. The fraction of sp³-hybridized carbons (Fsp3) is 0.581. The van der Waals surface area contributed by atoms with E-state index in [1.165, 1.54) is 24.4 Å². The molecule has 0 saturated heterocycles. The van der Waals surface area contributed by atoms with Crippen LogP contribution in [0.4, 0.5) is 0 Å². The van der Waals surface area contributed by atoms with Gasteiger partial charge in [0.05, 0.1) is 0 Å². The van der Waals surface area contributed by atoms with Gasteiger partial charge in [-0.1, -0.05) is 0 Å². The van der Waals surface area contributed by atoms with Crippen molar-refractivity contribution in [3.63, 3.8) is 0 Å². The molecule has 0 aliphatic carbocycles. The number of unbranched alkanes of at least 4 members (excludes halogenated alkanes) is 1. The van der Waals surface area contributed by atoms with E-state index in [1.807, 2.05) is 12.1 Å². The molecule has 0 radical (unpaired) electrons. The van der Waals surface area contributed by atoms with Crippen molar-refractivity contribution in [3.05, 3.63) is 24.3 Å². The Morgan fingerprint density at radius 3 is 1.79 bits per heavy atom. The number of carbonyl (C=O) groups excluding carboxylic acids is 5. The van der Waals surface area contributed by atoms with Crippen LogP contribution in [-0.2, 0) is 33.6 Å². The summed E-state index contributed by atoms with van der Waals surface area (Å²) in [6.45, 7) is 3.97. The van der Waals surface area contributed by atoms with Crippen LogP contribution in [0.25, 0.3) is 0 Å². The van der Waals surface area contributed by atoms with Gasteiger partial charge in [-0.15, -0.1) is 0 Å². The number of benzene rings is 1. The summed E-state index contributed by atoms with van der Waals surface area (Å²) in [5.41, 5.74) is 5.53. The van der Waals surface area contributed by atoms with Crippen LogP contribution in [0.3, 0.4) is 0 Å². The predicted octanol–water partition coefficient (Wildman–Crippen LogP) is -0.827. The molecule has 0 aliphatic rings. The van der Waals surface area contributed by atoms with Crippen LogP contribution in [0.1, 0.15) is 52.9 Å². The van der Waals surface area contributed by atoms with Crippen molar-refractivity contribution in [2.75, 3.05) is 13.2 Å². The summed E-state index contributed by atoms with van der Waals surface area (Å²) in [7, 11) is 0. The van der Waals surface area contributed by atoms with Crippen molar-refractivity contribution >= 4 is 63.4 Å². The molecule has 0 unspecified atom stereocenters. The number of carboxylic acid groups (broad SMARTS) is 2. The zero-order valence-electron chi connectivity index (χ0n) is 28.4. The fourth-order valence-electron chi connectivity index (χ4n) is 4.19. The Morgan fingerprint density at radius 1 is 0.688 bits per heavy atom. The van der Waals surface area contributed by atoms with Crippen LogP contribution in [0, 0.1) is 0 Å². The van der Waals surface area contributed by atoms with E-state index in [-0.39, 0.29) is 25.9 Å². The first-order valence-corrected chi connectivity index (χ1v) is 25.7. The number of nitrogens with two attached hydrogens (primary N) is 1. The van der Waals surface area contributed by atoms with E-state index in [1.54, 1.807) is 12.1 Å². The summed E-state index contributed by atoms with van der Waals surface area (Å²) in [6.07, 6.45) is 0.468. The number of rotatable bonds is 21. The van der Waals surface area contributed by atoms with Crippen molar-refractivity contribution < 1.29 is 48.5 Å². The zero-order valence-corrected chi connectivity index (χ0v) is 31.2. The third-order valence-corrected chi connectivity index (χ3v) is 13.1. The fourth-order valence-corrected chi connectivity index (χ4v) is 7.52. The van der Waals surface area contributed by atoms with E-state index < -0.39 is 90.1 Å². The van der Waals surface area contributed by atoms with Gasteiger partial charge in [-0.3, -0.25) is 19.2 Å². The molecule has 16 nitrogen and oxygen atoms in total. The number of hydrogen-bond donors (Lipinski definition) is 8. The molecule has 0 fully saturated rings. The van der Waals surface area contributed by atoms with Gasteiger partial charge in [0.25, 0.3) is 0 Å². The minimum absolute atomic E-state index is 0.166.